The maximum Gasteiger partial charge on any atom is 0.191 e. The number of hydrogen-bond donors (Lipinski definition) is 2. The molecular formula is C15H18BrFN4. The number of aliphatic imine (C=N–C) groups is 1. The zero-order valence-corrected chi connectivity index (χ0v) is 13.6. The highest BCUT2D eigenvalue weighted by atomic mass is 79.9. The maximum atomic E-state index is 13.4. The van der Waals surface area contributed by atoms with Crippen molar-refractivity contribution in [1.29, 1.82) is 0 Å². The van der Waals surface area contributed by atoms with Gasteiger partial charge in [0.25, 0.3) is 0 Å². The quantitative estimate of drug-likeness (QED) is 0.656. The number of aryl methyl sites for hydroxylation is 1. The molecule has 0 saturated heterocycles. The van der Waals surface area contributed by atoms with Crippen LogP contribution in [-0.2, 0) is 20.1 Å². The molecule has 4 nitrogen and oxygen atoms in total. The van der Waals surface area contributed by atoms with E-state index in [1.54, 1.807) is 13.1 Å². The summed E-state index contributed by atoms with van der Waals surface area (Å²) in [7, 11) is 3.70. The van der Waals surface area contributed by atoms with Crippen LogP contribution in [0.2, 0.25) is 0 Å². The van der Waals surface area contributed by atoms with Crippen molar-refractivity contribution < 1.29 is 4.39 Å². The van der Waals surface area contributed by atoms with Gasteiger partial charge in [0.05, 0.1) is 4.47 Å². The Hall–Kier alpha value is -1.82. The molecule has 0 fully saturated rings. The normalized spacial score (nSPS) is 11.5. The maximum absolute atomic E-state index is 13.4. The fourth-order valence-electron chi connectivity index (χ4n) is 1.91. The van der Waals surface area contributed by atoms with E-state index < -0.39 is 0 Å². The van der Waals surface area contributed by atoms with E-state index in [2.05, 4.69) is 31.6 Å². The first-order chi connectivity index (χ1) is 10.1. The number of nitrogens with one attached hydrogen (secondary N) is 2. The molecule has 2 aromatic rings. The number of hydrogen-bond acceptors (Lipinski definition) is 1. The highest BCUT2D eigenvalue weighted by Gasteiger charge is 2.03. The van der Waals surface area contributed by atoms with Crippen molar-refractivity contribution >= 4 is 21.9 Å². The number of halogens is 2. The van der Waals surface area contributed by atoms with Gasteiger partial charge in [-0.25, -0.2) is 4.39 Å². The first-order valence-corrected chi connectivity index (χ1v) is 7.37. The van der Waals surface area contributed by atoms with Gasteiger partial charge < -0.3 is 15.2 Å². The Balaban J connectivity index is 1.86. The summed E-state index contributed by atoms with van der Waals surface area (Å²) in [5.41, 5.74) is 2.04. The summed E-state index contributed by atoms with van der Waals surface area (Å²) in [4.78, 5) is 4.15. The van der Waals surface area contributed by atoms with E-state index in [4.69, 9.17) is 0 Å². The van der Waals surface area contributed by atoms with Gasteiger partial charge in [0, 0.05) is 39.6 Å². The van der Waals surface area contributed by atoms with E-state index in [0.717, 1.165) is 5.56 Å². The summed E-state index contributed by atoms with van der Waals surface area (Å²) in [5.74, 6) is 0.420. The topological polar surface area (TPSA) is 41.4 Å². The summed E-state index contributed by atoms with van der Waals surface area (Å²) >= 11 is 3.14. The van der Waals surface area contributed by atoms with Crippen LogP contribution in [0.3, 0.4) is 0 Å². The molecule has 0 saturated carbocycles. The van der Waals surface area contributed by atoms with Crippen molar-refractivity contribution in [3.8, 4) is 0 Å². The molecule has 0 atom stereocenters. The largest absolute Gasteiger partial charge is 0.357 e. The van der Waals surface area contributed by atoms with Crippen LogP contribution in [0.15, 0.2) is 46.1 Å². The first-order valence-electron chi connectivity index (χ1n) is 6.58. The predicted octanol–water partition coefficient (Wildman–Crippen LogP) is 2.79. The summed E-state index contributed by atoms with van der Waals surface area (Å²) in [5, 5.41) is 6.38. The Morgan fingerprint density at radius 2 is 1.95 bits per heavy atom. The molecule has 6 heteroatoms. The third-order valence-electron chi connectivity index (χ3n) is 3.02. The van der Waals surface area contributed by atoms with Gasteiger partial charge in [-0.05, 0) is 45.3 Å². The Morgan fingerprint density at radius 3 is 2.52 bits per heavy atom. The summed E-state index contributed by atoms with van der Waals surface area (Å²) in [6, 6.07) is 7.11. The minimum atomic E-state index is -0.262. The number of nitrogens with zero attached hydrogens (tertiary/aromatic N) is 2. The molecule has 0 aliphatic heterocycles. The van der Waals surface area contributed by atoms with Gasteiger partial charge in [-0.2, -0.15) is 0 Å². The second-order valence-corrected chi connectivity index (χ2v) is 5.57. The smallest absolute Gasteiger partial charge is 0.191 e. The van der Waals surface area contributed by atoms with Crippen LogP contribution in [0.4, 0.5) is 4.39 Å². The van der Waals surface area contributed by atoms with Crippen LogP contribution in [-0.4, -0.2) is 17.6 Å². The van der Waals surface area contributed by atoms with Crippen molar-refractivity contribution in [2.75, 3.05) is 7.05 Å². The molecule has 0 radical (unpaired) electrons. The van der Waals surface area contributed by atoms with Crippen LogP contribution in [0.5, 0.6) is 0 Å². The van der Waals surface area contributed by atoms with Crippen molar-refractivity contribution in [3.63, 3.8) is 0 Å². The lowest BCUT2D eigenvalue weighted by molar-refractivity contribution is 0.617. The second kappa shape index (κ2) is 7.26. The molecule has 112 valence electrons. The first kappa shape index (κ1) is 15.6. The molecular weight excluding hydrogens is 335 g/mol. The molecule has 0 aliphatic rings. The monoisotopic (exact) mass is 352 g/mol. The minimum Gasteiger partial charge on any atom is -0.357 e. The third-order valence-corrected chi connectivity index (χ3v) is 3.66. The van der Waals surface area contributed by atoms with Crippen molar-refractivity contribution in [2.24, 2.45) is 12.0 Å². The third kappa shape index (κ3) is 4.60. The van der Waals surface area contributed by atoms with Crippen LogP contribution in [0.25, 0.3) is 0 Å². The molecule has 21 heavy (non-hydrogen) atoms. The van der Waals surface area contributed by atoms with Crippen LogP contribution in [0.1, 0.15) is 11.1 Å². The van der Waals surface area contributed by atoms with E-state index in [1.165, 1.54) is 11.6 Å². The molecule has 0 bridgehead atoms. The Kier molecular flexibility index (Phi) is 5.38. The lowest BCUT2D eigenvalue weighted by atomic mass is 10.2. The summed E-state index contributed by atoms with van der Waals surface area (Å²) in [6.45, 7) is 1.20. The molecule has 1 heterocycles. The Morgan fingerprint density at radius 1 is 1.24 bits per heavy atom. The average molecular weight is 353 g/mol. The number of rotatable bonds is 4. The molecule has 0 aliphatic carbocycles. The highest BCUT2D eigenvalue weighted by Crippen LogP contribution is 2.16. The van der Waals surface area contributed by atoms with Crippen molar-refractivity contribution in [3.05, 3.63) is 58.1 Å². The lowest BCUT2D eigenvalue weighted by Gasteiger charge is -2.11. The highest BCUT2D eigenvalue weighted by molar-refractivity contribution is 9.10. The zero-order chi connectivity index (χ0) is 15.2. The van der Waals surface area contributed by atoms with E-state index >= 15 is 0 Å². The number of benzene rings is 1. The van der Waals surface area contributed by atoms with Crippen molar-refractivity contribution in [2.45, 2.75) is 13.1 Å². The van der Waals surface area contributed by atoms with Crippen LogP contribution < -0.4 is 10.6 Å². The Bertz CT molecular complexity index is 636. The summed E-state index contributed by atoms with van der Waals surface area (Å²) < 4.78 is 15.9. The van der Waals surface area contributed by atoms with Gasteiger partial charge >= 0.3 is 0 Å². The van der Waals surface area contributed by atoms with Gasteiger partial charge in [-0.3, -0.25) is 4.99 Å². The Labute approximate surface area is 132 Å². The fourth-order valence-corrected chi connectivity index (χ4v) is 2.15. The van der Waals surface area contributed by atoms with Gasteiger partial charge in [0.15, 0.2) is 5.96 Å². The fraction of sp³-hybridized carbons (Fsp3) is 0.267. The molecule has 0 unspecified atom stereocenters. The SMILES string of the molecule is CN=C(NCc1ccc(Br)c(F)c1)NCc1ccn(C)c1. The van der Waals surface area contributed by atoms with E-state index in [-0.39, 0.29) is 5.82 Å². The molecule has 2 N–H and O–H groups in total. The lowest BCUT2D eigenvalue weighted by Crippen LogP contribution is -2.36. The van der Waals surface area contributed by atoms with Gasteiger partial charge in [-0.1, -0.05) is 6.07 Å². The van der Waals surface area contributed by atoms with E-state index in [9.17, 15) is 4.39 Å². The van der Waals surface area contributed by atoms with Gasteiger partial charge in [0.2, 0.25) is 0 Å². The second-order valence-electron chi connectivity index (χ2n) is 4.71. The number of guanidine groups is 1. The van der Waals surface area contributed by atoms with Gasteiger partial charge in [-0.15, -0.1) is 0 Å². The van der Waals surface area contributed by atoms with Gasteiger partial charge in [0.1, 0.15) is 5.82 Å². The molecule has 0 amide bonds. The van der Waals surface area contributed by atoms with E-state index in [1.807, 2.05) is 36.1 Å². The zero-order valence-electron chi connectivity index (χ0n) is 12.0. The minimum absolute atomic E-state index is 0.262. The van der Waals surface area contributed by atoms with E-state index in [0.29, 0.717) is 23.5 Å². The average Bonchev–Trinajstić information content (AvgIpc) is 2.88. The summed E-state index contributed by atoms with van der Waals surface area (Å²) in [6.07, 6.45) is 4.04. The van der Waals surface area contributed by atoms with Crippen LogP contribution in [0, 0.1) is 5.82 Å². The molecule has 1 aromatic carbocycles. The molecule has 2 rings (SSSR count). The number of aromatic nitrogens is 1. The molecule has 0 spiro atoms. The molecule has 1 aromatic heterocycles. The standard InChI is InChI=1S/C15H18BrFN4/c1-18-15(20-9-12-5-6-21(2)10-12)19-8-11-3-4-13(16)14(17)7-11/h3-7,10H,8-9H2,1-2H3,(H2,18,19,20). The predicted molar refractivity (Wildman–Crippen MR) is 86.6 cm³/mol. The van der Waals surface area contributed by atoms with Crippen LogP contribution >= 0.6 is 15.9 Å². The van der Waals surface area contributed by atoms with Crippen molar-refractivity contribution in [1.82, 2.24) is 15.2 Å².